The molecule has 2 aromatic rings. The van der Waals surface area contributed by atoms with Crippen LogP contribution in [0.4, 0.5) is 5.69 Å². The molecule has 3 atom stereocenters. The van der Waals surface area contributed by atoms with Crippen LogP contribution in [-0.2, 0) is 14.4 Å². The summed E-state index contributed by atoms with van der Waals surface area (Å²) in [5.74, 6) is -1.16. The quantitative estimate of drug-likeness (QED) is 0.864. The summed E-state index contributed by atoms with van der Waals surface area (Å²) in [5, 5.41) is 4.86. The molecule has 0 radical (unpaired) electrons. The molecule has 26 heavy (non-hydrogen) atoms. The average molecular weight is 350 g/mol. The van der Waals surface area contributed by atoms with Crippen molar-refractivity contribution in [2.24, 2.45) is 11.8 Å². The van der Waals surface area contributed by atoms with Gasteiger partial charge in [0.25, 0.3) is 0 Å². The third-order valence-corrected chi connectivity index (χ3v) is 5.69. The highest BCUT2D eigenvalue weighted by Crippen LogP contribution is 2.39. The fourth-order valence-corrected chi connectivity index (χ4v) is 4.26. The Labute approximate surface area is 152 Å². The van der Waals surface area contributed by atoms with Crippen LogP contribution in [0.2, 0.25) is 0 Å². The van der Waals surface area contributed by atoms with Gasteiger partial charge in [-0.1, -0.05) is 49.2 Å². The van der Waals surface area contributed by atoms with Crippen LogP contribution >= 0.6 is 0 Å². The van der Waals surface area contributed by atoms with E-state index in [2.05, 4.69) is 5.32 Å². The molecular weight excluding hydrogens is 328 g/mol. The second-order valence-corrected chi connectivity index (χ2v) is 7.24. The zero-order chi connectivity index (χ0) is 18.3. The molecule has 2 aromatic carbocycles. The van der Waals surface area contributed by atoms with Crippen molar-refractivity contribution in [3.63, 3.8) is 0 Å². The van der Waals surface area contributed by atoms with E-state index in [9.17, 15) is 14.4 Å². The van der Waals surface area contributed by atoms with Crippen molar-refractivity contribution in [2.75, 3.05) is 5.32 Å². The monoisotopic (exact) mass is 350 g/mol. The van der Waals surface area contributed by atoms with E-state index in [-0.39, 0.29) is 29.6 Å². The van der Waals surface area contributed by atoms with Gasteiger partial charge in [0, 0.05) is 11.1 Å². The fourth-order valence-electron chi connectivity index (χ4n) is 4.26. The molecule has 1 aliphatic carbocycles. The number of rotatable bonds is 3. The van der Waals surface area contributed by atoms with Gasteiger partial charge in [-0.2, -0.15) is 0 Å². The minimum atomic E-state index is -0.806. The molecule has 1 heterocycles. The maximum Gasteiger partial charge on any atom is 0.247 e. The highest BCUT2D eigenvalue weighted by Gasteiger charge is 2.50. The number of imide groups is 1. The van der Waals surface area contributed by atoms with Crippen LogP contribution in [0.25, 0.3) is 10.8 Å². The van der Waals surface area contributed by atoms with Gasteiger partial charge in [0.2, 0.25) is 17.7 Å². The van der Waals surface area contributed by atoms with Crippen molar-refractivity contribution in [2.45, 2.75) is 38.6 Å². The normalized spacial score (nSPS) is 23.8. The standard InChI is InChI=1S/C21H22N2O3/c1-13(23-20(25)16-10-4-5-11-17(16)21(23)26)19(24)22-18-12-6-8-14-7-2-3-9-15(14)18/h2-3,6-9,12-13,16-17H,4-5,10-11H2,1H3,(H,22,24)/t13-,16?,17?/m0/s1. The first-order valence-electron chi connectivity index (χ1n) is 9.23. The van der Waals surface area contributed by atoms with E-state index in [1.807, 2.05) is 42.5 Å². The molecule has 1 saturated carbocycles. The summed E-state index contributed by atoms with van der Waals surface area (Å²) in [6, 6.07) is 12.7. The Morgan fingerprint density at radius 1 is 1.00 bits per heavy atom. The Morgan fingerprint density at radius 3 is 2.31 bits per heavy atom. The summed E-state index contributed by atoms with van der Waals surface area (Å²) < 4.78 is 0. The SMILES string of the molecule is C[C@@H](C(=O)Nc1cccc2ccccc12)N1C(=O)C2CCCCC2C1=O. The first-order chi connectivity index (χ1) is 12.6. The van der Waals surface area contributed by atoms with Crippen molar-refractivity contribution in [1.29, 1.82) is 0 Å². The minimum Gasteiger partial charge on any atom is -0.324 e. The van der Waals surface area contributed by atoms with E-state index in [4.69, 9.17) is 0 Å². The van der Waals surface area contributed by atoms with Gasteiger partial charge in [-0.15, -0.1) is 0 Å². The molecule has 4 rings (SSSR count). The summed E-state index contributed by atoms with van der Waals surface area (Å²) in [4.78, 5) is 39.4. The molecule has 2 unspecified atom stereocenters. The Morgan fingerprint density at radius 2 is 1.62 bits per heavy atom. The molecule has 2 fully saturated rings. The van der Waals surface area contributed by atoms with Gasteiger partial charge >= 0.3 is 0 Å². The summed E-state index contributed by atoms with van der Waals surface area (Å²) in [6.45, 7) is 1.63. The smallest absolute Gasteiger partial charge is 0.247 e. The summed E-state index contributed by atoms with van der Waals surface area (Å²) >= 11 is 0. The van der Waals surface area contributed by atoms with Gasteiger partial charge in [0.15, 0.2) is 0 Å². The van der Waals surface area contributed by atoms with Crippen molar-refractivity contribution in [1.82, 2.24) is 4.90 Å². The first kappa shape index (κ1) is 16.8. The molecule has 5 heteroatoms. The molecule has 0 bridgehead atoms. The molecule has 0 spiro atoms. The van der Waals surface area contributed by atoms with Gasteiger partial charge in [0.05, 0.1) is 11.8 Å². The second-order valence-electron chi connectivity index (χ2n) is 7.24. The number of hydrogen-bond acceptors (Lipinski definition) is 3. The zero-order valence-corrected chi connectivity index (χ0v) is 14.8. The molecule has 1 N–H and O–H groups in total. The van der Waals surface area contributed by atoms with Gasteiger partial charge in [-0.25, -0.2) is 0 Å². The van der Waals surface area contributed by atoms with Crippen LogP contribution in [-0.4, -0.2) is 28.7 Å². The molecule has 1 aliphatic heterocycles. The van der Waals surface area contributed by atoms with E-state index >= 15 is 0 Å². The highest BCUT2D eigenvalue weighted by atomic mass is 16.2. The summed E-state index contributed by atoms with van der Waals surface area (Å²) in [5.41, 5.74) is 0.691. The van der Waals surface area contributed by atoms with Crippen LogP contribution in [0, 0.1) is 11.8 Å². The molecule has 3 amide bonds. The van der Waals surface area contributed by atoms with Gasteiger partial charge in [-0.3, -0.25) is 19.3 Å². The molecule has 5 nitrogen and oxygen atoms in total. The molecule has 2 aliphatic rings. The Hall–Kier alpha value is -2.69. The highest BCUT2D eigenvalue weighted by molar-refractivity contribution is 6.11. The summed E-state index contributed by atoms with van der Waals surface area (Å²) in [7, 11) is 0. The number of carbonyl (C=O) groups is 3. The maximum atomic E-state index is 12.8. The van der Waals surface area contributed by atoms with E-state index in [1.165, 1.54) is 4.90 Å². The molecule has 0 aromatic heterocycles. The van der Waals surface area contributed by atoms with Crippen molar-refractivity contribution in [3.05, 3.63) is 42.5 Å². The predicted octanol–water partition coefficient (Wildman–Crippen LogP) is 3.34. The second kappa shape index (κ2) is 6.56. The van der Waals surface area contributed by atoms with Crippen molar-refractivity contribution in [3.8, 4) is 0 Å². The van der Waals surface area contributed by atoms with Crippen molar-refractivity contribution < 1.29 is 14.4 Å². The summed E-state index contributed by atoms with van der Waals surface area (Å²) in [6.07, 6.45) is 3.46. The maximum absolute atomic E-state index is 12.8. The van der Waals surface area contributed by atoms with Crippen molar-refractivity contribution >= 4 is 34.2 Å². The Kier molecular flexibility index (Phi) is 4.23. The van der Waals surface area contributed by atoms with Gasteiger partial charge < -0.3 is 5.32 Å². The van der Waals surface area contributed by atoms with E-state index in [0.29, 0.717) is 5.69 Å². The number of nitrogens with zero attached hydrogens (tertiary/aromatic N) is 1. The lowest BCUT2D eigenvalue weighted by atomic mass is 9.81. The van der Waals surface area contributed by atoms with Crippen LogP contribution in [0.15, 0.2) is 42.5 Å². The lowest BCUT2D eigenvalue weighted by Gasteiger charge is -2.22. The number of amides is 3. The number of anilines is 1. The topological polar surface area (TPSA) is 66.5 Å². The Bertz CT molecular complexity index is 862. The lowest BCUT2D eigenvalue weighted by Crippen LogP contribution is -2.46. The van der Waals surface area contributed by atoms with E-state index in [0.717, 1.165) is 36.5 Å². The van der Waals surface area contributed by atoms with Crippen LogP contribution in [0.1, 0.15) is 32.6 Å². The van der Waals surface area contributed by atoms with Crippen LogP contribution in [0.3, 0.4) is 0 Å². The fraction of sp³-hybridized carbons (Fsp3) is 0.381. The number of likely N-dealkylation sites (tertiary alicyclic amines) is 1. The molecular formula is C21H22N2O3. The average Bonchev–Trinajstić information content (AvgIpc) is 2.92. The number of benzene rings is 2. The zero-order valence-electron chi connectivity index (χ0n) is 14.8. The number of carbonyl (C=O) groups excluding carboxylic acids is 3. The van der Waals surface area contributed by atoms with Gasteiger partial charge in [0.1, 0.15) is 6.04 Å². The molecule has 1 saturated heterocycles. The number of nitrogens with one attached hydrogen (secondary N) is 1. The number of fused-ring (bicyclic) bond motifs is 2. The lowest BCUT2D eigenvalue weighted by molar-refractivity contribution is -0.146. The predicted molar refractivity (Wildman–Crippen MR) is 99.3 cm³/mol. The largest absolute Gasteiger partial charge is 0.324 e. The third-order valence-electron chi connectivity index (χ3n) is 5.69. The third kappa shape index (κ3) is 2.68. The van der Waals surface area contributed by atoms with Crippen LogP contribution in [0.5, 0.6) is 0 Å². The van der Waals surface area contributed by atoms with Crippen LogP contribution < -0.4 is 5.32 Å². The van der Waals surface area contributed by atoms with Gasteiger partial charge in [-0.05, 0) is 31.2 Å². The van der Waals surface area contributed by atoms with E-state index in [1.54, 1.807) is 6.92 Å². The first-order valence-corrected chi connectivity index (χ1v) is 9.23. The Balaban J connectivity index is 1.56. The molecule has 134 valence electrons. The minimum absolute atomic E-state index is 0.180. The van der Waals surface area contributed by atoms with E-state index < -0.39 is 6.04 Å². The number of hydrogen-bond donors (Lipinski definition) is 1.